The van der Waals surface area contributed by atoms with E-state index in [1.807, 2.05) is 0 Å². The van der Waals surface area contributed by atoms with E-state index in [2.05, 4.69) is 0 Å². The number of hydrogen-bond acceptors (Lipinski definition) is 3. The zero-order chi connectivity index (χ0) is 20.5. The fraction of sp³-hybridized carbons (Fsp3) is 0.235. The van der Waals surface area contributed by atoms with Crippen LogP contribution in [0.4, 0.5) is 26.3 Å². The molecule has 28 heavy (non-hydrogen) atoms. The van der Waals surface area contributed by atoms with Gasteiger partial charge in [-0.05, 0) is 0 Å². The first-order valence-electron chi connectivity index (χ1n) is 7.69. The fourth-order valence-corrected chi connectivity index (χ4v) is 8.28. The molecule has 1 aromatic heterocycles. The standard InChI is InChI=1S/C17H10F6INO3/c1-25-12-7-6-9(8-13(12)27-14(25)26)24-11-5-3-2-4-10(11)15(28-24,16(18,19)20)17(21,22)23/h2-8H,1H3. The van der Waals surface area contributed by atoms with E-state index in [4.69, 9.17) is 7.48 Å². The molecule has 2 aromatic carbocycles. The third-order valence-corrected chi connectivity index (χ3v) is 9.28. The van der Waals surface area contributed by atoms with Gasteiger partial charge in [-0.1, -0.05) is 0 Å². The molecule has 0 unspecified atom stereocenters. The molecule has 2 heterocycles. The minimum atomic E-state index is -5.70. The summed E-state index contributed by atoms with van der Waals surface area (Å²) in [5.74, 6) is -0.691. The number of aromatic nitrogens is 1. The first kappa shape index (κ1) is 19.3. The van der Waals surface area contributed by atoms with Crippen molar-refractivity contribution in [2.24, 2.45) is 7.05 Å². The van der Waals surface area contributed by atoms with Crippen LogP contribution in [-0.2, 0) is 15.7 Å². The van der Waals surface area contributed by atoms with E-state index in [1.54, 1.807) is 0 Å². The van der Waals surface area contributed by atoms with Gasteiger partial charge in [0.05, 0.1) is 0 Å². The van der Waals surface area contributed by atoms with Gasteiger partial charge >= 0.3 is 160 Å². The van der Waals surface area contributed by atoms with E-state index >= 15 is 0 Å². The average molecular weight is 517 g/mol. The first-order valence-corrected chi connectivity index (χ1v) is 10.7. The predicted octanol–water partition coefficient (Wildman–Crippen LogP) is 4.94. The average Bonchev–Trinajstić information content (AvgIpc) is 3.10. The van der Waals surface area contributed by atoms with Gasteiger partial charge in [0.2, 0.25) is 0 Å². The number of halogens is 7. The molecule has 0 amide bonds. The number of aryl methyl sites for hydroxylation is 1. The number of alkyl halides is 6. The molecule has 4 nitrogen and oxygen atoms in total. The van der Waals surface area contributed by atoms with Crippen LogP contribution < -0.4 is 5.76 Å². The van der Waals surface area contributed by atoms with Crippen LogP contribution in [0.1, 0.15) is 5.56 Å². The van der Waals surface area contributed by atoms with Crippen LogP contribution in [0.15, 0.2) is 51.7 Å². The van der Waals surface area contributed by atoms with Crippen molar-refractivity contribution in [2.45, 2.75) is 18.0 Å². The quantitative estimate of drug-likeness (QED) is 0.340. The fourth-order valence-electron chi connectivity index (χ4n) is 3.03. The van der Waals surface area contributed by atoms with Crippen molar-refractivity contribution in [3.63, 3.8) is 0 Å². The first-order chi connectivity index (χ1) is 13.0. The Hall–Kier alpha value is -2.02. The van der Waals surface area contributed by atoms with Gasteiger partial charge in [-0.2, -0.15) is 0 Å². The summed E-state index contributed by atoms with van der Waals surface area (Å²) in [6.45, 7) is 0. The summed E-state index contributed by atoms with van der Waals surface area (Å²) in [6.07, 6.45) is -11.4. The molecule has 0 saturated heterocycles. The number of benzene rings is 2. The number of rotatable bonds is 1. The molecule has 4 rings (SSSR count). The molecule has 0 atom stereocenters. The van der Waals surface area contributed by atoms with Crippen LogP contribution in [0.5, 0.6) is 0 Å². The monoisotopic (exact) mass is 517 g/mol. The summed E-state index contributed by atoms with van der Waals surface area (Å²) in [5.41, 5.74) is -4.88. The topological polar surface area (TPSA) is 44.4 Å². The van der Waals surface area contributed by atoms with Gasteiger partial charge in [-0.3, -0.25) is 0 Å². The van der Waals surface area contributed by atoms with Crippen molar-refractivity contribution in [3.8, 4) is 0 Å². The Morgan fingerprint density at radius 2 is 1.64 bits per heavy atom. The van der Waals surface area contributed by atoms with E-state index in [-0.39, 0.29) is 12.7 Å². The van der Waals surface area contributed by atoms with Crippen LogP contribution in [-0.4, -0.2) is 16.9 Å². The number of fused-ring (bicyclic) bond motifs is 2. The summed E-state index contributed by atoms with van der Waals surface area (Å²) in [4.78, 5) is 11.6. The van der Waals surface area contributed by atoms with Crippen molar-refractivity contribution in [1.82, 2.24) is 4.57 Å². The molecular weight excluding hydrogens is 507 g/mol. The molecular formula is C17H10F6INO3. The van der Waals surface area contributed by atoms with Gasteiger partial charge in [0, 0.05) is 0 Å². The minimum absolute atomic E-state index is 0.0694. The Morgan fingerprint density at radius 3 is 2.29 bits per heavy atom. The van der Waals surface area contributed by atoms with E-state index in [0.717, 1.165) is 12.1 Å². The summed E-state index contributed by atoms with van der Waals surface area (Å²) >= 11 is -3.61. The number of nitrogens with zero attached hydrogens (tertiary/aromatic N) is 1. The van der Waals surface area contributed by atoms with Gasteiger partial charge in [0.15, 0.2) is 0 Å². The third kappa shape index (κ3) is 2.51. The number of hydrogen-bond donors (Lipinski definition) is 0. The van der Waals surface area contributed by atoms with E-state index in [1.165, 1.54) is 41.9 Å². The van der Waals surface area contributed by atoms with Crippen molar-refractivity contribution >= 4 is 31.3 Å². The van der Waals surface area contributed by atoms with Crippen LogP contribution in [0.25, 0.3) is 11.1 Å². The zero-order valence-electron chi connectivity index (χ0n) is 13.9. The second-order valence-electron chi connectivity index (χ2n) is 6.02. The molecule has 0 saturated carbocycles. The zero-order valence-corrected chi connectivity index (χ0v) is 16.0. The van der Waals surface area contributed by atoms with E-state index < -0.39 is 49.5 Å². The Labute approximate surface area is 160 Å². The molecule has 150 valence electrons. The Balaban J connectivity index is 1.94. The summed E-state index contributed by atoms with van der Waals surface area (Å²) in [6, 6.07) is 8.59. The maximum atomic E-state index is 13.7. The van der Waals surface area contributed by atoms with Crippen molar-refractivity contribution in [2.75, 3.05) is 0 Å². The Kier molecular flexibility index (Phi) is 4.13. The maximum absolute atomic E-state index is 13.7. The second kappa shape index (κ2) is 5.99. The van der Waals surface area contributed by atoms with Gasteiger partial charge in [0.1, 0.15) is 0 Å². The van der Waals surface area contributed by atoms with Crippen molar-refractivity contribution < 1.29 is 33.8 Å². The molecule has 3 aromatic rings. The summed E-state index contributed by atoms with van der Waals surface area (Å²) in [5, 5.41) is 0. The van der Waals surface area contributed by atoms with Crippen LogP contribution >= 0.6 is 20.2 Å². The Morgan fingerprint density at radius 1 is 1.00 bits per heavy atom. The third-order valence-electron chi connectivity index (χ3n) is 4.38. The predicted molar refractivity (Wildman–Crippen MR) is 94.2 cm³/mol. The van der Waals surface area contributed by atoms with E-state index in [0.29, 0.717) is 5.52 Å². The molecule has 1 aliphatic heterocycles. The van der Waals surface area contributed by atoms with Crippen molar-refractivity contribution in [1.29, 1.82) is 0 Å². The summed E-state index contributed by atoms with van der Waals surface area (Å²) in [7, 11) is 1.44. The van der Waals surface area contributed by atoms with Crippen LogP contribution in [0.2, 0.25) is 0 Å². The van der Waals surface area contributed by atoms with Gasteiger partial charge in [-0.15, -0.1) is 0 Å². The molecule has 1 aliphatic rings. The van der Waals surface area contributed by atoms with E-state index in [9.17, 15) is 31.1 Å². The van der Waals surface area contributed by atoms with Crippen molar-refractivity contribution in [3.05, 3.63) is 65.7 Å². The molecule has 11 heteroatoms. The van der Waals surface area contributed by atoms with Gasteiger partial charge < -0.3 is 0 Å². The molecule has 0 fully saturated rings. The molecule has 0 N–H and O–H groups in total. The second-order valence-corrected chi connectivity index (χ2v) is 10.3. The molecule has 0 aliphatic carbocycles. The molecule has 0 radical (unpaired) electrons. The Bertz CT molecular complexity index is 1120. The van der Waals surface area contributed by atoms with Crippen LogP contribution in [0.3, 0.4) is 0 Å². The van der Waals surface area contributed by atoms with Gasteiger partial charge in [-0.25, -0.2) is 0 Å². The summed E-state index contributed by atoms with van der Waals surface area (Å²) < 4.78 is 93.4. The van der Waals surface area contributed by atoms with Crippen LogP contribution in [0, 0.1) is 7.14 Å². The molecule has 0 spiro atoms. The van der Waals surface area contributed by atoms with Gasteiger partial charge in [0.25, 0.3) is 0 Å². The number of oxazole rings is 1. The normalized spacial score (nSPS) is 17.9. The molecule has 0 bridgehead atoms. The SMILES string of the molecule is Cn1c(=O)oc2cc(I3OC(C(F)(F)F)(C(F)(F)F)c4ccccc43)ccc21.